The second-order valence-corrected chi connectivity index (χ2v) is 9.32. The molecule has 0 aliphatic carbocycles. The third-order valence-corrected chi connectivity index (χ3v) is 6.21. The van der Waals surface area contributed by atoms with E-state index in [2.05, 4.69) is 70.3 Å². The van der Waals surface area contributed by atoms with Crippen molar-refractivity contribution in [2.24, 2.45) is 10.9 Å². The van der Waals surface area contributed by atoms with Crippen molar-refractivity contribution in [2.45, 2.75) is 39.8 Å². The van der Waals surface area contributed by atoms with Gasteiger partial charge in [0.05, 0.1) is 19.8 Å². The Balaban J connectivity index is 0.00000385. The van der Waals surface area contributed by atoms with Gasteiger partial charge in [-0.3, -0.25) is 4.90 Å². The number of aliphatic imine (C=N–C) groups is 1. The molecule has 8 nitrogen and oxygen atoms in total. The molecule has 1 aromatic heterocycles. The molecule has 9 heteroatoms. The van der Waals surface area contributed by atoms with E-state index in [1.165, 1.54) is 12.0 Å². The molecule has 1 atom stereocenters. The lowest BCUT2D eigenvalue weighted by Gasteiger charge is -2.35. The molecule has 2 saturated heterocycles. The van der Waals surface area contributed by atoms with Crippen LogP contribution in [-0.2, 0) is 11.3 Å². The summed E-state index contributed by atoms with van der Waals surface area (Å²) < 4.78 is 5.56. The predicted octanol–water partition coefficient (Wildman–Crippen LogP) is 2.25. The van der Waals surface area contributed by atoms with Crippen molar-refractivity contribution >= 4 is 35.8 Å². The lowest BCUT2D eigenvalue weighted by Crippen LogP contribution is -2.51. The molecule has 2 aliphatic heterocycles. The first-order valence-corrected chi connectivity index (χ1v) is 12.3. The van der Waals surface area contributed by atoms with Gasteiger partial charge in [0.2, 0.25) is 0 Å². The van der Waals surface area contributed by atoms with Crippen LogP contribution in [0, 0.1) is 5.92 Å². The molecule has 33 heavy (non-hydrogen) atoms. The van der Waals surface area contributed by atoms with Crippen LogP contribution in [0.4, 0.5) is 5.82 Å². The van der Waals surface area contributed by atoms with Gasteiger partial charge in [-0.1, -0.05) is 13.8 Å². The van der Waals surface area contributed by atoms with Crippen molar-refractivity contribution in [3.8, 4) is 0 Å². The summed E-state index contributed by atoms with van der Waals surface area (Å²) in [4.78, 5) is 16.8. The molecule has 0 radical (unpaired) electrons. The first kappa shape index (κ1) is 28.1. The van der Waals surface area contributed by atoms with Crippen LogP contribution >= 0.6 is 24.0 Å². The zero-order chi connectivity index (χ0) is 22.8. The number of likely N-dealkylation sites (N-methyl/N-ethyl adjacent to an activating group) is 1. The molecule has 0 amide bonds. The van der Waals surface area contributed by atoms with E-state index < -0.39 is 0 Å². The van der Waals surface area contributed by atoms with Crippen molar-refractivity contribution in [1.29, 1.82) is 0 Å². The van der Waals surface area contributed by atoms with Gasteiger partial charge in [0, 0.05) is 64.6 Å². The fourth-order valence-corrected chi connectivity index (χ4v) is 4.34. The highest BCUT2D eigenvalue weighted by Crippen LogP contribution is 2.16. The van der Waals surface area contributed by atoms with E-state index in [1.807, 2.05) is 6.20 Å². The van der Waals surface area contributed by atoms with Crippen LogP contribution in [0.25, 0.3) is 0 Å². The second kappa shape index (κ2) is 15.0. The number of anilines is 1. The molecular formula is C24H44IN7O. The Kier molecular flexibility index (Phi) is 12.7. The normalized spacial score (nSPS) is 19.3. The van der Waals surface area contributed by atoms with Gasteiger partial charge in [-0.25, -0.2) is 9.98 Å². The van der Waals surface area contributed by atoms with E-state index in [1.54, 1.807) is 0 Å². The molecule has 3 heterocycles. The maximum absolute atomic E-state index is 5.56. The molecule has 1 unspecified atom stereocenters. The highest BCUT2D eigenvalue weighted by atomic mass is 127. The zero-order valence-corrected chi connectivity index (χ0v) is 23.3. The number of ether oxygens (including phenoxy) is 1. The molecule has 3 rings (SSSR count). The van der Waals surface area contributed by atoms with E-state index in [-0.39, 0.29) is 24.0 Å². The van der Waals surface area contributed by atoms with Crippen LogP contribution in [0.15, 0.2) is 23.3 Å². The number of rotatable bonds is 9. The first-order valence-electron chi connectivity index (χ1n) is 12.3. The van der Waals surface area contributed by atoms with Crippen molar-refractivity contribution in [3.05, 3.63) is 23.9 Å². The molecule has 2 fully saturated rings. The maximum Gasteiger partial charge on any atom is 0.191 e. The number of morpholine rings is 1. The fraction of sp³-hybridized carbons (Fsp3) is 0.750. The Bertz CT molecular complexity index is 704. The summed E-state index contributed by atoms with van der Waals surface area (Å²) in [5.74, 6) is 2.61. The minimum Gasteiger partial charge on any atom is -0.379 e. The first-order chi connectivity index (χ1) is 15.5. The van der Waals surface area contributed by atoms with Gasteiger partial charge in [-0.15, -0.1) is 24.0 Å². The standard InChI is InChI=1S/C24H43N7O.HI/c1-5-25-24(28-19-22(16-20(2)3)30-12-14-32-15-13-30)27-18-21-6-7-26-23(17-21)31-10-8-29(4)9-11-31;/h6-7,17,20,22H,5,8-16,18-19H2,1-4H3,(H2,25,27,28);1H. The quantitative estimate of drug-likeness (QED) is 0.267. The fourth-order valence-electron chi connectivity index (χ4n) is 4.34. The lowest BCUT2D eigenvalue weighted by atomic mass is 10.0. The number of aromatic nitrogens is 1. The molecule has 2 N–H and O–H groups in total. The summed E-state index contributed by atoms with van der Waals surface area (Å²) in [6, 6.07) is 4.75. The van der Waals surface area contributed by atoms with E-state index in [0.717, 1.165) is 77.3 Å². The van der Waals surface area contributed by atoms with Gasteiger partial charge in [-0.05, 0) is 44.0 Å². The summed E-state index contributed by atoms with van der Waals surface area (Å²) >= 11 is 0. The topological polar surface area (TPSA) is 68.3 Å². The van der Waals surface area contributed by atoms with E-state index in [0.29, 0.717) is 18.5 Å². The largest absolute Gasteiger partial charge is 0.379 e. The van der Waals surface area contributed by atoms with Crippen LogP contribution in [0.1, 0.15) is 32.8 Å². The van der Waals surface area contributed by atoms with E-state index in [4.69, 9.17) is 9.73 Å². The number of halogens is 1. The van der Waals surface area contributed by atoms with Crippen LogP contribution in [0.3, 0.4) is 0 Å². The van der Waals surface area contributed by atoms with Gasteiger partial charge in [0.1, 0.15) is 5.82 Å². The lowest BCUT2D eigenvalue weighted by molar-refractivity contribution is 0.0132. The number of pyridine rings is 1. The Labute approximate surface area is 217 Å². The number of nitrogens with one attached hydrogen (secondary N) is 2. The van der Waals surface area contributed by atoms with Crippen LogP contribution in [0.5, 0.6) is 0 Å². The minimum atomic E-state index is 0. The predicted molar refractivity (Wildman–Crippen MR) is 148 cm³/mol. The molecule has 0 saturated carbocycles. The Morgan fingerprint density at radius 1 is 1.12 bits per heavy atom. The van der Waals surface area contributed by atoms with Gasteiger partial charge >= 0.3 is 0 Å². The molecule has 1 aromatic rings. The number of hydrogen-bond donors (Lipinski definition) is 2. The van der Waals surface area contributed by atoms with E-state index >= 15 is 0 Å². The summed E-state index contributed by atoms with van der Waals surface area (Å²) in [6.07, 6.45) is 3.08. The monoisotopic (exact) mass is 573 g/mol. The summed E-state index contributed by atoms with van der Waals surface area (Å²) in [6.45, 7) is 17.0. The van der Waals surface area contributed by atoms with Crippen molar-refractivity contribution in [2.75, 3.05) is 77.5 Å². The molecule has 0 bridgehead atoms. The SMILES string of the molecule is CCNC(=NCc1ccnc(N2CCN(C)CC2)c1)NCC(CC(C)C)N1CCOCC1.I. The van der Waals surface area contributed by atoms with Gasteiger partial charge in [0.25, 0.3) is 0 Å². The van der Waals surface area contributed by atoms with Crippen molar-refractivity contribution in [3.63, 3.8) is 0 Å². The second-order valence-electron chi connectivity index (χ2n) is 9.32. The number of guanidine groups is 1. The highest BCUT2D eigenvalue weighted by Gasteiger charge is 2.22. The van der Waals surface area contributed by atoms with E-state index in [9.17, 15) is 0 Å². The van der Waals surface area contributed by atoms with Crippen LogP contribution in [-0.4, -0.2) is 99.4 Å². The summed E-state index contributed by atoms with van der Waals surface area (Å²) in [5, 5.41) is 7.01. The van der Waals surface area contributed by atoms with Gasteiger partial charge in [-0.2, -0.15) is 0 Å². The van der Waals surface area contributed by atoms with Gasteiger partial charge < -0.3 is 25.2 Å². The van der Waals surface area contributed by atoms with Crippen LogP contribution < -0.4 is 15.5 Å². The average molecular weight is 574 g/mol. The molecule has 2 aliphatic rings. The molecule has 0 aromatic carbocycles. The number of nitrogens with zero attached hydrogens (tertiary/aromatic N) is 5. The average Bonchev–Trinajstić information content (AvgIpc) is 2.81. The number of hydrogen-bond acceptors (Lipinski definition) is 6. The summed E-state index contributed by atoms with van der Waals surface area (Å²) in [7, 11) is 2.18. The van der Waals surface area contributed by atoms with Crippen molar-refractivity contribution in [1.82, 2.24) is 25.4 Å². The smallest absolute Gasteiger partial charge is 0.191 e. The summed E-state index contributed by atoms with van der Waals surface area (Å²) in [5.41, 5.74) is 1.19. The molecule has 0 spiro atoms. The third kappa shape index (κ3) is 9.54. The zero-order valence-electron chi connectivity index (χ0n) is 20.9. The molecular weight excluding hydrogens is 529 g/mol. The third-order valence-electron chi connectivity index (χ3n) is 6.21. The minimum absolute atomic E-state index is 0. The Morgan fingerprint density at radius 3 is 2.52 bits per heavy atom. The van der Waals surface area contributed by atoms with Crippen LogP contribution in [0.2, 0.25) is 0 Å². The van der Waals surface area contributed by atoms with Gasteiger partial charge in [0.15, 0.2) is 5.96 Å². The Hall–Kier alpha value is -1.17. The van der Waals surface area contributed by atoms with Crippen molar-refractivity contribution < 1.29 is 4.74 Å². The molecule has 188 valence electrons. The maximum atomic E-state index is 5.56. The Morgan fingerprint density at radius 2 is 1.85 bits per heavy atom. The highest BCUT2D eigenvalue weighted by molar-refractivity contribution is 14.0. The number of piperazine rings is 1.